The number of nitrogens with zero attached hydrogens (tertiary/aromatic N) is 2. The number of pyridine rings is 1. The maximum atomic E-state index is 13.0. The van der Waals surface area contributed by atoms with Crippen LogP contribution in [0, 0.1) is 12.3 Å². The highest BCUT2D eigenvalue weighted by molar-refractivity contribution is 5.99. The Morgan fingerprint density at radius 3 is 2.34 bits per heavy atom. The zero-order valence-electron chi connectivity index (χ0n) is 19.2. The predicted molar refractivity (Wildman–Crippen MR) is 127 cm³/mol. The minimum atomic E-state index is -0.473. The van der Waals surface area contributed by atoms with Crippen molar-refractivity contribution in [3.05, 3.63) is 72.6 Å². The molecule has 0 saturated carbocycles. The number of aryl methyl sites for hydroxylation is 1. The predicted octanol–water partition coefficient (Wildman–Crippen LogP) is 5.67. The normalized spacial score (nSPS) is 16.3. The number of benzene rings is 2. The van der Waals surface area contributed by atoms with E-state index in [4.69, 9.17) is 9.47 Å². The highest BCUT2D eigenvalue weighted by Crippen LogP contribution is 2.30. The average Bonchev–Trinajstić information content (AvgIpc) is 3.13. The van der Waals surface area contributed by atoms with Crippen LogP contribution in [0.5, 0.6) is 11.5 Å². The van der Waals surface area contributed by atoms with Gasteiger partial charge in [0.1, 0.15) is 11.5 Å². The maximum absolute atomic E-state index is 13.0. The fraction of sp³-hybridized carbons (Fsp3) is 0.333. The van der Waals surface area contributed by atoms with Gasteiger partial charge in [-0.05, 0) is 71.5 Å². The smallest absolute Gasteiger partial charge is 0.268 e. The van der Waals surface area contributed by atoms with Gasteiger partial charge in [-0.2, -0.15) is 0 Å². The zero-order valence-corrected chi connectivity index (χ0v) is 19.2. The van der Waals surface area contributed by atoms with E-state index in [0.29, 0.717) is 25.3 Å². The van der Waals surface area contributed by atoms with Crippen molar-refractivity contribution in [1.82, 2.24) is 4.98 Å². The summed E-state index contributed by atoms with van der Waals surface area (Å²) in [7, 11) is 0. The van der Waals surface area contributed by atoms with E-state index in [2.05, 4.69) is 25.8 Å². The minimum absolute atomic E-state index is 0.00836. The molecule has 3 aromatic rings. The third-order valence-corrected chi connectivity index (χ3v) is 5.43. The third-order valence-electron chi connectivity index (χ3n) is 5.43. The first-order chi connectivity index (χ1) is 15.3. The number of carbonyl (C=O) groups is 1. The lowest BCUT2D eigenvalue weighted by Crippen LogP contribution is -2.32. The first-order valence-electron chi connectivity index (χ1n) is 11.0. The summed E-state index contributed by atoms with van der Waals surface area (Å²) in [5.41, 5.74) is 4.19. The summed E-state index contributed by atoms with van der Waals surface area (Å²) in [5.74, 6) is 1.55. The fourth-order valence-electron chi connectivity index (χ4n) is 3.71. The molecule has 0 aliphatic carbocycles. The van der Waals surface area contributed by atoms with Crippen LogP contribution in [0.3, 0.4) is 0 Å². The third kappa shape index (κ3) is 5.10. The first-order valence-corrected chi connectivity index (χ1v) is 11.0. The number of hydrogen-bond donors (Lipinski definition) is 0. The zero-order chi connectivity index (χ0) is 22.7. The van der Waals surface area contributed by atoms with E-state index in [1.807, 2.05) is 61.5 Å². The van der Waals surface area contributed by atoms with Crippen molar-refractivity contribution >= 4 is 11.6 Å². The molecule has 1 unspecified atom stereocenters. The molecule has 166 valence electrons. The van der Waals surface area contributed by atoms with Gasteiger partial charge in [0.15, 0.2) is 6.10 Å². The van der Waals surface area contributed by atoms with Crippen LogP contribution in [-0.2, 0) is 4.79 Å². The highest BCUT2D eigenvalue weighted by atomic mass is 16.5. The molecular weight excluding hydrogens is 400 g/mol. The van der Waals surface area contributed by atoms with E-state index >= 15 is 0 Å². The molecule has 1 aromatic heterocycles. The fourth-order valence-corrected chi connectivity index (χ4v) is 3.71. The molecule has 5 heteroatoms. The van der Waals surface area contributed by atoms with Gasteiger partial charge in [0.2, 0.25) is 0 Å². The van der Waals surface area contributed by atoms with E-state index < -0.39 is 6.10 Å². The van der Waals surface area contributed by atoms with Crippen LogP contribution in [0.25, 0.3) is 11.1 Å². The largest absolute Gasteiger partial charge is 0.493 e. The van der Waals surface area contributed by atoms with Gasteiger partial charge in [-0.25, -0.2) is 0 Å². The Bertz CT molecular complexity index is 1070. The van der Waals surface area contributed by atoms with E-state index in [0.717, 1.165) is 28.1 Å². The molecule has 32 heavy (non-hydrogen) atoms. The van der Waals surface area contributed by atoms with E-state index in [-0.39, 0.29) is 11.3 Å². The molecule has 1 fully saturated rings. The van der Waals surface area contributed by atoms with Crippen LogP contribution in [0.1, 0.15) is 32.8 Å². The molecule has 2 aromatic carbocycles. The van der Waals surface area contributed by atoms with E-state index in [9.17, 15) is 4.79 Å². The molecule has 1 saturated heterocycles. The second kappa shape index (κ2) is 9.03. The van der Waals surface area contributed by atoms with Crippen molar-refractivity contribution in [1.29, 1.82) is 0 Å². The number of aromatic nitrogens is 1. The SMILES string of the molecule is Cc1cc(N2CCC(Oc3ccc(-c4ccncc4)cc3)C2=O)ccc1OCC(C)(C)C. The Balaban J connectivity index is 1.40. The van der Waals surface area contributed by atoms with Crippen molar-refractivity contribution < 1.29 is 14.3 Å². The molecule has 4 rings (SSSR count). The van der Waals surface area contributed by atoms with Crippen LogP contribution in [0.15, 0.2) is 67.0 Å². The molecule has 1 aliphatic rings. The molecular formula is C27H30N2O3. The Kier molecular flexibility index (Phi) is 6.17. The highest BCUT2D eigenvalue weighted by Gasteiger charge is 2.34. The summed E-state index contributed by atoms with van der Waals surface area (Å²) < 4.78 is 12.0. The Morgan fingerprint density at radius 1 is 1.00 bits per heavy atom. The summed E-state index contributed by atoms with van der Waals surface area (Å²) >= 11 is 0. The second-order valence-corrected chi connectivity index (χ2v) is 9.44. The second-order valence-electron chi connectivity index (χ2n) is 9.44. The van der Waals surface area contributed by atoms with Gasteiger partial charge in [0.05, 0.1) is 6.61 Å². The minimum Gasteiger partial charge on any atom is -0.493 e. The number of hydrogen-bond acceptors (Lipinski definition) is 4. The quantitative estimate of drug-likeness (QED) is 0.506. The van der Waals surface area contributed by atoms with Crippen LogP contribution >= 0.6 is 0 Å². The van der Waals surface area contributed by atoms with E-state index in [1.165, 1.54) is 0 Å². The Hall–Kier alpha value is -3.34. The van der Waals surface area contributed by atoms with Crippen LogP contribution in [-0.4, -0.2) is 30.1 Å². The number of anilines is 1. The lowest BCUT2D eigenvalue weighted by atomic mass is 9.98. The molecule has 1 aliphatic heterocycles. The molecule has 5 nitrogen and oxygen atoms in total. The lowest BCUT2D eigenvalue weighted by Gasteiger charge is -2.22. The van der Waals surface area contributed by atoms with Gasteiger partial charge < -0.3 is 14.4 Å². The molecule has 1 amide bonds. The summed E-state index contributed by atoms with van der Waals surface area (Å²) in [6.45, 7) is 9.73. The van der Waals surface area contributed by atoms with Crippen LogP contribution in [0.4, 0.5) is 5.69 Å². The standard InChI is InChI=1S/C27H30N2O3/c1-19-17-22(7-10-24(19)31-18-27(2,3)4)29-16-13-25(26(29)30)32-23-8-5-20(6-9-23)21-11-14-28-15-12-21/h5-12,14-15,17,25H,13,16,18H2,1-4H3. The summed E-state index contributed by atoms with van der Waals surface area (Å²) in [6.07, 6.45) is 3.73. The Morgan fingerprint density at radius 2 is 1.69 bits per heavy atom. The first kappa shape index (κ1) is 21.9. The molecule has 0 bridgehead atoms. The monoisotopic (exact) mass is 430 g/mol. The van der Waals surface area contributed by atoms with Crippen molar-refractivity contribution in [2.45, 2.75) is 40.2 Å². The number of carbonyl (C=O) groups excluding carboxylic acids is 1. The molecule has 1 atom stereocenters. The van der Waals surface area contributed by atoms with Gasteiger partial charge in [-0.3, -0.25) is 9.78 Å². The number of rotatable bonds is 6. The summed E-state index contributed by atoms with van der Waals surface area (Å²) in [4.78, 5) is 18.9. The van der Waals surface area contributed by atoms with Crippen LogP contribution < -0.4 is 14.4 Å². The van der Waals surface area contributed by atoms with Crippen molar-refractivity contribution in [3.63, 3.8) is 0 Å². The van der Waals surface area contributed by atoms with Crippen molar-refractivity contribution in [2.75, 3.05) is 18.1 Å². The molecule has 0 spiro atoms. The van der Waals surface area contributed by atoms with Gasteiger partial charge >= 0.3 is 0 Å². The van der Waals surface area contributed by atoms with Crippen LogP contribution in [0.2, 0.25) is 0 Å². The average molecular weight is 431 g/mol. The van der Waals surface area contributed by atoms with Gasteiger partial charge in [-0.15, -0.1) is 0 Å². The Labute approximate surface area is 190 Å². The van der Waals surface area contributed by atoms with E-state index in [1.54, 1.807) is 17.3 Å². The summed E-state index contributed by atoms with van der Waals surface area (Å²) in [6, 6.07) is 17.7. The summed E-state index contributed by atoms with van der Waals surface area (Å²) in [5, 5.41) is 0. The van der Waals surface area contributed by atoms with Gasteiger partial charge in [0.25, 0.3) is 5.91 Å². The van der Waals surface area contributed by atoms with Gasteiger partial charge in [0, 0.05) is 31.0 Å². The van der Waals surface area contributed by atoms with Crippen molar-refractivity contribution in [3.8, 4) is 22.6 Å². The lowest BCUT2D eigenvalue weighted by molar-refractivity contribution is -0.122. The molecule has 0 N–H and O–H groups in total. The maximum Gasteiger partial charge on any atom is 0.268 e. The topological polar surface area (TPSA) is 51.7 Å². The van der Waals surface area contributed by atoms with Gasteiger partial charge in [-0.1, -0.05) is 32.9 Å². The number of amides is 1. The molecule has 2 heterocycles. The molecule has 0 radical (unpaired) electrons. The number of ether oxygens (including phenoxy) is 2. The van der Waals surface area contributed by atoms with Crippen molar-refractivity contribution in [2.24, 2.45) is 5.41 Å².